The van der Waals surface area contributed by atoms with Gasteiger partial charge in [0.2, 0.25) is 0 Å². The van der Waals surface area contributed by atoms with E-state index in [9.17, 15) is 0 Å². The fraction of sp³-hybridized carbons (Fsp3) is 0.440. The van der Waals surface area contributed by atoms with Gasteiger partial charge in [-0.05, 0) is 49.9 Å². The standard InChI is InChI=1S/C14H20N2Si.C11H12N2/c1-17(2,3)12-9-13-7-6-8-14(15-13)16-10-4-5-11-16;1-2-10-6-5-7-11(12-10)13-8-3-4-9-13/h6-8H,4-5,10-11H2,1-3H3;1,5-7H,3-4,8-9H2. The Morgan fingerprint density at radius 1 is 0.767 bits per heavy atom. The summed E-state index contributed by atoms with van der Waals surface area (Å²) in [5.41, 5.74) is 5.00. The highest BCUT2D eigenvalue weighted by molar-refractivity contribution is 6.83. The first-order valence-electron chi connectivity index (χ1n) is 10.9. The van der Waals surface area contributed by atoms with Gasteiger partial charge in [-0.2, -0.15) is 0 Å². The molecule has 156 valence electrons. The zero-order chi connectivity index (χ0) is 21.4. The van der Waals surface area contributed by atoms with E-state index < -0.39 is 8.07 Å². The van der Waals surface area contributed by atoms with Gasteiger partial charge >= 0.3 is 0 Å². The van der Waals surface area contributed by atoms with Gasteiger partial charge in [-0.3, -0.25) is 0 Å². The normalized spacial score (nSPS) is 15.7. The molecule has 2 fully saturated rings. The quantitative estimate of drug-likeness (QED) is 0.530. The van der Waals surface area contributed by atoms with Gasteiger partial charge in [-0.1, -0.05) is 43.6 Å². The highest BCUT2D eigenvalue weighted by Gasteiger charge is 2.14. The Hall–Kier alpha value is -2.76. The van der Waals surface area contributed by atoms with E-state index in [2.05, 4.69) is 68.9 Å². The molecule has 0 atom stereocenters. The van der Waals surface area contributed by atoms with Crippen LogP contribution in [0, 0.1) is 23.8 Å². The lowest BCUT2D eigenvalue weighted by molar-refractivity contribution is 0.935. The molecule has 2 aromatic rings. The lowest BCUT2D eigenvalue weighted by atomic mass is 10.3. The van der Waals surface area contributed by atoms with E-state index in [1.807, 2.05) is 24.3 Å². The smallest absolute Gasteiger partial charge is 0.129 e. The largest absolute Gasteiger partial charge is 0.357 e. The van der Waals surface area contributed by atoms with Gasteiger partial charge in [-0.25, -0.2) is 9.97 Å². The maximum atomic E-state index is 5.29. The molecule has 30 heavy (non-hydrogen) atoms. The maximum Gasteiger partial charge on any atom is 0.129 e. The molecule has 5 heteroatoms. The fourth-order valence-corrected chi connectivity index (χ4v) is 4.00. The Labute approximate surface area is 182 Å². The Balaban J connectivity index is 0.000000177. The first-order valence-corrected chi connectivity index (χ1v) is 14.4. The average Bonchev–Trinajstić information content (AvgIpc) is 3.47. The summed E-state index contributed by atoms with van der Waals surface area (Å²) in [4.78, 5) is 13.6. The number of nitrogens with zero attached hydrogens (tertiary/aromatic N) is 4. The number of rotatable bonds is 2. The highest BCUT2D eigenvalue weighted by atomic mass is 28.3. The molecule has 0 aromatic carbocycles. The summed E-state index contributed by atoms with van der Waals surface area (Å²) in [5, 5.41) is 0. The molecule has 0 saturated carbocycles. The SMILES string of the molecule is C#Cc1cccc(N2CCCC2)n1.C[Si](C)(C)C#Cc1cccc(N2CCCC2)n1. The highest BCUT2D eigenvalue weighted by Crippen LogP contribution is 2.18. The van der Waals surface area contributed by atoms with Gasteiger partial charge in [0.1, 0.15) is 31.1 Å². The van der Waals surface area contributed by atoms with Crippen LogP contribution in [0.1, 0.15) is 37.1 Å². The molecule has 4 rings (SSSR count). The summed E-state index contributed by atoms with van der Waals surface area (Å²) < 4.78 is 0. The van der Waals surface area contributed by atoms with Crippen molar-refractivity contribution in [1.29, 1.82) is 0 Å². The van der Waals surface area contributed by atoms with Crippen molar-refractivity contribution >= 4 is 19.7 Å². The van der Waals surface area contributed by atoms with E-state index in [-0.39, 0.29) is 0 Å². The summed E-state index contributed by atoms with van der Waals surface area (Å²) in [7, 11) is -1.30. The second-order valence-electron chi connectivity index (χ2n) is 8.79. The molecular formula is C25H32N4Si. The monoisotopic (exact) mass is 416 g/mol. The third-order valence-corrected chi connectivity index (χ3v) is 5.92. The van der Waals surface area contributed by atoms with Crippen molar-refractivity contribution in [3.8, 4) is 23.8 Å². The summed E-state index contributed by atoms with van der Waals surface area (Å²) in [6.07, 6.45) is 10.4. The van der Waals surface area contributed by atoms with Gasteiger partial charge in [0.05, 0.1) is 0 Å². The minimum atomic E-state index is -1.30. The van der Waals surface area contributed by atoms with Gasteiger partial charge in [0.25, 0.3) is 0 Å². The van der Waals surface area contributed by atoms with E-state index in [1.54, 1.807) is 0 Å². The van der Waals surface area contributed by atoms with Crippen LogP contribution in [0.5, 0.6) is 0 Å². The number of hydrogen-bond acceptors (Lipinski definition) is 4. The Morgan fingerprint density at radius 2 is 1.23 bits per heavy atom. The summed E-state index contributed by atoms with van der Waals surface area (Å²) >= 11 is 0. The third kappa shape index (κ3) is 6.64. The van der Waals surface area contributed by atoms with Crippen molar-refractivity contribution in [1.82, 2.24) is 9.97 Å². The predicted octanol–water partition coefficient (Wildman–Crippen LogP) is 4.57. The van der Waals surface area contributed by atoms with Gasteiger partial charge in [-0.15, -0.1) is 12.0 Å². The second-order valence-corrected chi connectivity index (χ2v) is 13.5. The van der Waals surface area contributed by atoms with Crippen LogP contribution in [0.3, 0.4) is 0 Å². The summed E-state index contributed by atoms with van der Waals surface area (Å²) in [6, 6.07) is 12.0. The van der Waals surface area contributed by atoms with Crippen LogP contribution in [0.2, 0.25) is 19.6 Å². The van der Waals surface area contributed by atoms with Gasteiger partial charge in [0.15, 0.2) is 0 Å². The Morgan fingerprint density at radius 3 is 1.70 bits per heavy atom. The molecule has 0 amide bonds. The van der Waals surface area contributed by atoms with Crippen LogP contribution in [0.4, 0.5) is 11.6 Å². The van der Waals surface area contributed by atoms with Crippen LogP contribution in [-0.2, 0) is 0 Å². The Bertz CT molecular complexity index is 934. The molecule has 2 aromatic heterocycles. The molecule has 0 unspecified atom stereocenters. The van der Waals surface area contributed by atoms with Crippen LogP contribution in [-0.4, -0.2) is 44.2 Å². The zero-order valence-electron chi connectivity index (χ0n) is 18.5. The van der Waals surface area contributed by atoms with E-state index in [4.69, 9.17) is 6.42 Å². The van der Waals surface area contributed by atoms with Crippen molar-refractivity contribution in [2.45, 2.75) is 45.3 Å². The average molecular weight is 417 g/mol. The molecule has 0 bridgehead atoms. The summed E-state index contributed by atoms with van der Waals surface area (Å²) in [5.74, 6) is 7.88. The van der Waals surface area contributed by atoms with E-state index in [0.717, 1.165) is 49.2 Å². The van der Waals surface area contributed by atoms with Gasteiger partial charge < -0.3 is 9.80 Å². The first-order chi connectivity index (χ1) is 14.4. The number of anilines is 2. The van der Waals surface area contributed by atoms with Crippen LogP contribution < -0.4 is 9.80 Å². The number of hydrogen-bond donors (Lipinski definition) is 0. The molecule has 4 heterocycles. The number of terminal acetylenes is 1. The molecule has 4 nitrogen and oxygen atoms in total. The van der Waals surface area contributed by atoms with Crippen molar-refractivity contribution in [3.05, 3.63) is 47.8 Å². The minimum Gasteiger partial charge on any atom is -0.357 e. The molecule has 2 aliphatic rings. The summed E-state index contributed by atoms with van der Waals surface area (Å²) in [6.45, 7) is 11.3. The number of aromatic nitrogens is 2. The topological polar surface area (TPSA) is 32.3 Å². The number of pyridine rings is 2. The molecular weight excluding hydrogens is 384 g/mol. The molecule has 0 radical (unpaired) electrons. The maximum absolute atomic E-state index is 5.29. The zero-order valence-corrected chi connectivity index (χ0v) is 19.5. The molecule has 0 spiro atoms. The van der Waals surface area contributed by atoms with Crippen LogP contribution in [0.15, 0.2) is 36.4 Å². The molecule has 0 N–H and O–H groups in total. The van der Waals surface area contributed by atoms with E-state index in [0.29, 0.717) is 0 Å². The van der Waals surface area contributed by atoms with Crippen molar-refractivity contribution < 1.29 is 0 Å². The van der Waals surface area contributed by atoms with Crippen molar-refractivity contribution in [3.63, 3.8) is 0 Å². The van der Waals surface area contributed by atoms with E-state index >= 15 is 0 Å². The predicted molar refractivity (Wildman–Crippen MR) is 130 cm³/mol. The first kappa shape index (κ1) is 21.9. The third-order valence-electron chi connectivity index (χ3n) is 5.04. The van der Waals surface area contributed by atoms with Gasteiger partial charge in [0, 0.05) is 26.2 Å². The molecule has 2 aliphatic heterocycles. The van der Waals surface area contributed by atoms with Crippen LogP contribution >= 0.6 is 0 Å². The lowest BCUT2D eigenvalue weighted by Gasteiger charge is -2.15. The van der Waals surface area contributed by atoms with Crippen LogP contribution in [0.25, 0.3) is 0 Å². The minimum absolute atomic E-state index is 0.726. The van der Waals surface area contributed by atoms with Crippen molar-refractivity contribution in [2.75, 3.05) is 36.0 Å². The van der Waals surface area contributed by atoms with Crippen molar-refractivity contribution in [2.24, 2.45) is 0 Å². The molecule has 0 aliphatic carbocycles. The van der Waals surface area contributed by atoms with E-state index in [1.165, 1.54) is 25.7 Å². The fourth-order valence-electron chi connectivity index (χ4n) is 3.49. The second kappa shape index (κ2) is 10.3. The lowest BCUT2D eigenvalue weighted by Crippen LogP contribution is -2.19. The molecule has 2 saturated heterocycles. The Kier molecular flexibility index (Phi) is 7.55.